The molecule has 1 aromatic heterocycles. The molecule has 0 radical (unpaired) electrons. The number of aromatic nitrogens is 2. The summed E-state index contributed by atoms with van der Waals surface area (Å²) in [5.74, 6) is -0.00864. The summed E-state index contributed by atoms with van der Waals surface area (Å²) in [5, 5.41) is 5.60. The summed E-state index contributed by atoms with van der Waals surface area (Å²) < 4.78 is 18.4. The van der Waals surface area contributed by atoms with Crippen molar-refractivity contribution in [2.45, 2.75) is 6.92 Å². The molecule has 0 aliphatic heterocycles. The molecule has 3 aromatic rings. The summed E-state index contributed by atoms with van der Waals surface area (Å²) in [7, 11) is 1.59. The Labute approximate surface area is 160 Å². The van der Waals surface area contributed by atoms with Crippen LogP contribution in [0.2, 0.25) is 5.02 Å². The Hall–Kier alpha value is -3.19. The molecule has 0 aliphatic rings. The number of carbonyl (C=O) groups is 1. The van der Waals surface area contributed by atoms with Gasteiger partial charge in [-0.25, -0.2) is 14.4 Å². The van der Waals surface area contributed by atoms with Gasteiger partial charge in [0.05, 0.1) is 12.1 Å². The highest BCUT2D eigenvalue weighted by Crippen LogP contribution is 2.21. The van der Waals surface area contributed by atoms with Crippen LogP contribution >= 0.6 is 11.6 Å². The van der Waals surface area contributed by atoms with Crippen LogP contribution in [0.3, 0.4) is 0 Å². The van der Waals surface area contributed by atoms with Crippen LogP contribution in [0, 0.1) is 12.7 Å². The second-order valence-corrected chi connectivity index (χ2v) is 6.06. The van der Waals surface area contributed by atoms with Gasteiger partial charge in [0.2, 0.25) is 5.95 Å². The van der Waals surface area contributed by atoms with Gasteiger partial charge in [0, 0.05) is 17.1 Å². The van der Waals surface area contributed by atoms with E-state index in [-0.39, 0.29) is 16.7 Å². The first-order chi connectivity index (χ1) is 12.9. The standard InChI is InChI=1S/C19H16ClFN4O2/c1-11-9-17(18(26)23-13-5-8-16(21)15(20)10-13)25-19(22-11)24-12-3-6-14(27-2)7-4-12/h3-10H,1-2H3,(H,23,26)(H,22,24,25). The first kappa shape index (κ1) is 18.6. The predicted molar refractivity (Wildman–Crippen MR) is 102 cm³/mol. The van der Waals surface area contributed by atoms with E-state index in [1.807, 2.05) is 12.1 Å². The van der Waals surface area contributed by atoms with Crippen molar-refractivity contribution in [3.63, 3.8) is 0 Å². The molecule has 0 atom stereocenters. The molecule has 2 N–H and O–H groups in total. The Balaban J connectivity index is 1.79. The summed E-state index contributed by atoms with van der Waals surface area (Å²) in [6, 6.07) is 12.7. The highest BCUT2D eigenvalue weighted by atomic mass is 35.5. The molecule has 3 rings (SSSR count). The third-order valence-corrected chi connectivity index (χ3v) is 3.90. The SMILES string of the molecule is COc1ccc(Nc2nc(C)cc(C(=O)Nc3ccc(F)c(Cl)c3)n2)cc1. The molecule has 1 heterocycles. The van der Waals surface area contributed by atoms with E-state index < -0.39 is 11.7 Å². The molecule has 138 valence electrons. The number of halogens is 2. The Bertz CT molecular complexity index is 980. The molecule has 6 nitrogen and oxygen atoms in total. The van der Waals surface area contributed by atoms with Crippen LogP contribution in [0.15, 0.2) is 48.5 Å². The van der Waals surface area contributed by atoms with Crippen LogP contribution in [-0.2, 0) is 0 Å². The number of carbonyl (C=O) groups excluding carboxylic acids is 1. The summed E-state index contributed by atoms with van der Waals surface area (Å²) in [6.45, 7) is 1.76. The van der Waals surface area contributed by atoms with E-state index in [1.54, 1.807) is 32.2 Å². The minimum Gasteiger partial charge on any atom is -0.497 e. The fourth-order valence-electron chi connectivity index (χ4n) is 2.31. The Kier molecular flexibility index (Phi) is 5.52. The summed E-state index contributed by atoms with van der Waals surface area (Å²) >= 11 is 5.73. The van der Waals surface area contributed by atoms with Gasteiger partial charge >= 0.3 is 0 Å². The fourth-order valence-corrected chi connectivity index (χ4v) is 2.49. The summed E-state index contributed by atoms with van der Waals surface area (Å²) in [6.07, 6.45) is 0. The number of nitrogens with one attached hydrogen (secondary N) is 2. The zero-order valence-electron chi connectivity index (χ0n) is 14.6. The average molecular weight is 387 g/mol. The lowest BCUT2D eigenvalue weighted by Gasteiger charge is -2.10. The maximum Gasteiger partial charge on any atom is 0.274 e. The minimum absolute atomic E-state index is 0.0754. The van der Waals surface area contributed by atoms with Crippen LogP contribution in [0.4, 0.5) is 21.7 Å². The highest BCUT2D eigenvalue weighted by Gasteiger charge is 2.12. The molecular formula is C19H16ClFN4O2. The minimum atomic E-state index is -0.557. The van der Waals surface area contributed by atoms with Crippen LogP contribution in [0.1, 0.15) is 16.2 Å². The van der Waals surface area contributed by atoms with Crippen LogP contribution < -0.4 is 15.4 Å². The molecule has 27 heavy (non-hydrogen) atoms. The second-order valence-electron chi connectivity index (χ2n) is 5.65. The van der Waals surface area contributed by atoms with E-state index in [1.165, 1.54) is 18.2 Å². The monoisotopic (exact) mass is 386 g/mol. The normalized spacial score (nSPS) is 10.4. The highest BCUT2D eigenvalue weighted by molar-refractivity contribution is 6.31. The quantitative estimate of drug-likeness (QED) is 0.671. The molecule has 0 fully saturated rings. The maximum absolute atomic E-state index is 13.2. The zero-order chi connectivity index (χ0) is 19.4. The number of ether oxygens (including phenoxy) is 1. The number of methoxy groups -OCH3 is 1. The third-order valence-electron chi connectivity index (χ3n) is 3.61. The van der Waals surface area contributed by atoms with Gasteiger partial charge in [-0.2, -0.15) is 0 Å². The number of anilines is 3. The van der Waals surface area contributed by atoms with Gasteiger partial charge in [0.1, 0.15) is 17.3 Å². The van der Waals surface area contributed by atoms with Crippen LogP contribution in [-0.4, -0.2) is 23.0 Å². The number of hydrogen-bond donors (Lipinski definition) is 2. The molecule has 0 saturated heterocycles. The Morgan fingerprint density at radius 1 is 1.07 bits per heavy atom. The van der Waals surface area contributed by atoms with Crippen molar-refractivity contribution in [1.82, 2.24) is 9.97 Å². The van der Waals surface area contributed by atoms with Gasteiger partial charge in [0.15, 0.2) is 0 Å². The smallest absolute Gasteiger partial charge is 0.274 e. The van der Waals surface area contributed by atoms with E-state index in [9.17, 15) is 9.18 Å². The van der Waals surface area contributed by atoms with Crippen LogP contribution in [0.5, 0.6) is 5.75 Å². The molecular weight excluding hydrogens is 371 g/mol. The van der Waals surface area contributed by atoms with Gasteiger partial charge in [-0.15, -0.1) is 0 Å². The lowest BCUT2D eigenvalue weighted by Crippen LogP contribution is -2.15. The third kappa shape index (κ3) is 4.71. The molecule has 0 bridgehead atoms. The lowest BCUT2D eigenvalue weighted by molar-refractivity contribution is 0.102. The van der Waals surface area contributed by atoms with Gasteiger partial charge in [0.25, 0.3) is 5.91 Å². The largest absolute Gasteiger partial charge is 0.497 e. The van der Waals surface area contributed by atoms with Crippen molar-refractivity contribution in [2.24, 2.45) is 0 Å². The number of hydrogen-bond acceptors (Lipinski definition) is 5. The fraction of sp³-hybridized carbons (Fsp3) is 0.105. The molecule has 0 unspecified atom stereocenters. The predicted octanol–water partition coefficient (Wildman–Crippen LogP) is 4.58. The lowest BCUT2D eigenvalue weighted by atomic mass is 10.2. The average Bonchev–Trinajstić information content (AvgIpc) is 2.65. The number of rotatable bonds is 5. The zero-order valence-corrected chi connectivity index (χ0v) is 15.3. The molecule has 0 spiro atoms. The van der Waals surface area contributed by atoms with Crippen molar-refractivity contribution in [3.8, 4) is 5.75 Å². The number of amides is 1. The molecule has 2 aromatic carbocycles. The maximum atomic E-state index is 13.2. The van der Waals surface area contributed by atoms with Gasteiger partial charge in [-0.1, -0.05) is 11.6 Å². The molecule has 0 aliphatic carbocycles. The second kappa shape index (κ2) is 8.01. The Morgan fingerprint density at radius 2 is 1.78 bits per heavy atom. The summed E-state index contributed by atoms with van der Waals surface area (Å²) in [5.41, 5.74) is 1.90. The molecule has 8 heteroatoms. The molecule has 0 saturated carbocycles. The first-order valence-electron chi connectivity index (χ1n) is 7.98. The van der Waals surface area contributed by atoms with Crippen molar-refractivity contribution < 1.29 is 13.9 Å². The van der Waals surface area contributed by atoms with Crippen molar-refractivity contribution in [1.29, 1.82) is 0 Å². The van der Waals surface area contributed by atoms with Gasteiger partial charge in [-0.3, -0.25) is 4.79 Å². The summed E-state index contributed by atoms with van der Waals surface area (Å²) in [4.78, 5) is 21.0. The van der Waals surface area contributed by atoms with Gasteiger partial charge < -0.3 is 15.4 Å². The Morgan fingerprint density at radius 3 is 2.44 bits per heavy atom. The topological polar surface area (TPSA) is 76.1 Å². The molecule has 1 amide bonds. The number of aryl methyl sites for hydroxylation is 1. The van der Waals surface area contributed by atoms with E-state index in [0.29, 0.717) is 11.4 Å². The first-order valence-corrected chi connectivity index (χ1v) is 8.35. The number of benzene rings is 2. The van der Waals surface area contributed by atoms with E-state index in [4.69, 9.17) is 16.3 Å². The van der Waals surface area contributed by atoms with E-state index in [2.05, 4.69) is 20.6 Å². The van der Waals surface area contributed by atoms with E-state index >= 15 is 0 Å². The van der Waals surface area contributed by atoms with Crippen molar-refractivity contribution >= 4 is 34.8 Å². The van der Waals surface area contributed by atoms with Crippen molar-refractivity contribution in [3.05, 3.63) is 70.8 Å². The van der Waals surface area contributed by atoms with E-state index in [0.717, 1.165) is 11.4 Å². The van der Waals surface area contributed by atoms with Crippen LogP contribution in [0.25, 0.3) is 0 Å². The van der Waals surface area contributed by atoms with Gasteiger partial charge in [-0.05, 0) is 55.5 Å². The van der Waals surface area contributed by atoms with Crippen molar-refractivity contribution in [2.75, 3.05) is 17.7 Å². The number of nitrogens with zero attached hydrogens (tertiary/aromatic N) is 2.